The highest BCUT2D eigenvalue weighted by molar-refractivity contribution is 5.75. The SMILES string of the molecule is COc1cc(CNC2CCCCC2)cc(OC)c1OCC(N)=O. The molecule has 0 bridgehead atoms. The van der Waals surface area contributed by atoms with Crippen molar-refractivity contribution in [1.29, 1.82) is 0 Å². The Morgan fingerprint density at radius 2 is 1.78 bits per heavy atom. The van der Waals surface area contributed by atoms with Crippen LogP contribution in [0, 0.1) is 0 Å². The van der Waals surface area contributed by atoms with Crippen molar-refractivity contribution in [1.82, 2.24) is 5.32 Å². The average molecular weight is 322 g/mol. The predicted octanol–water partition coefficient (Wildman–Crippen LogP) is 1.99. The summed E-state index contributed by atoms with van der Waals surface area (Å²) in [6.45, 7) is 0.528. The number of carbonyl (C=O) groups excluding carboxylic acids is 1. The van der Waals surface area contributed by atoms with E-state index in [-0.39, 0.29) is 6.61 Å². The van der Waals surface area contributed by atoms with Crippen LogP contribution in [-0.4, -0.2) is 32.8 Å². The number of rotatable bonds is 8. The van der Waals surface area contributed by atoms with Crippen LogP contribution in [-0.2, 0) is 11.3 Å². The van der Waals surface area contributed by atoms with Crippen molar-refractivity contribution in [3.05, 3.63) is 17.7 Å². The summed E-state index contributed by atoms with van der Waals surface area (Å²) in [5, 5.41) is 3.58. The lowest BCUT2D eigenvalue weighted by Crippen LogP contribution is -2.30. The van der Waals surface area contributed by atoms with Gasteiger partial charge < -0.3 is 25.3 Å². The molecule has 0 atom stereocenters. The van der Waals surface area contributed by atoms with Gasteiger partial charge >= 0.3 is 0 Å². The maximum Gasteiger partial charge on any atom is 0.255 e. The second-order valence-corrected chi connectivity index (χ2v) is 5.80. The highest BCUT2D eigenvalue weighted by Gasteiger charge is 2.17. The van der Waals surface area contributed by atoms with E-state index in [0.29, 0.717) is 23.3 Å². The number of methoxy groups -OCH3 is 2. The number of benzene rings is 1. The van der Waals surface area contributed by atoms with E-state index in [2.05, 4.69) is 5.32 Å². The van der Waals surface area contributed by atoms with E-state index >= 15 is 0 Å². The van der Waals surface area contributed by atoms with Crippen molar-refractivity contribution in [3.63, 3.8) is 0 Å². The molecule has 1 aromatic carbocycles. The Kier molecular flexibility index (Phi) is 6.52. The average Bonchev–Trinajstić information content (AvgIpc) is 2.58. The van der Waals surface area contributed by atoms with Gasteiger partial charge in [0.15, 0.2) is 18.1 Å². The summed E-state index contributed by atoms with van der Waals surface area (Å²) in [5.41, 5.74) is 6.18. The molecule has 0 radical (unpaired) electrons. The van der Waals surface area contributed by atoms with Gasteiger partial charge in [-0.15, -0.1) is 0 Å². The molecular formula is C17H26N2O4. The van der Waals surface area contributed by atoms with Gasteiger partial charge in [-0.25, -0.2) is 0 Å². The Morgan fingerprint density at radius 3 is 2.30 bits per heavy atom. The summed E-state index contributed by atoms with van der Waals surface area (Å²) in [6, 6.07) is 4.37. The molecule has 1 amide bonds. The van der Waals surface area contributed by atoms with Gasteiger partial charge in [-0.05, 0) is 30.5 Å². The zero-order valence-corrected chi connectivity index (χ0v) is 13.9. The molecular weight excluding hydrogens is 296 g/mol. The molecule has 0 aromatic heterocycles. The molecule has 0 aliphatic heterocycles. The van der Waals surface area contributed by atoms with Crippen molar-refractivity contribution in [2.24, 2.45) is 5.73 Å². The quantitative estimate of drug-likeness (QED) is 0.765. The van der Waals surface area contributed by atoms with Crippen LogP contribution in [0.2, 0.25) is 0 Å². The Morgan fingerprint density at radius 1 is 1.17 bits per heavy atom. The van der Waals surface area contributed by atoms with E-state index in [1.807, 2.05) is 12.1 Å². The number of carbonyl (C=O) groups is 1. The minimum Gasteiger partial charge on any atom is -0.493 e. The first-order valence-corrected chi connectivity index (χ1v) is 8.03. The molecule has 1 aliphatic rings. The van der Waals surface area contributed by atoms with E-state index in [1.165, 1.54) is 32.1 Å². The summed E-state index contributed by atoms with van der Waals surface area (Å²) in [4.78, 5) is 10.9. The lowest BCUT2D eigenvalue weighted by Gasteiger charge is -2.23. The van der Waals surface area contributed by atoms with Gasteiger partial charge in [0.25, 0.3) is 5.91 Å². The first-order valence-electron chi connectivity index (χ1n) is 8.03. The summed E-state index contributed by atoms with van der Waals surface area (Å²) in [7, 11) is 3.12. The smallest absolute Gasteiger partial charge is 0.255 e. The van der Waals surface area contributed by atoms with Crippen LogP contribution >= 0.6 is 0 Å². The third-order valence-electron chi connectivity index (χ3n) is 4.08. The van der Waals surface area contributed by atoms with Crippen LogP contribution in [0.4, 0.5) is 0 Å². The molecule has 0 spiro atoms. The monoisotopic (exact) mass is 322 g/mol. The second kappa shape index (κ2) is 8.62. The number of primary amides is 1. The lowest BCUT2D eigenvalue weighted by molar-refractivity contribution is -0.119. The fraction of sp³-hybridized carbons (Fsp3) is 0.588. The zero-order chi connectivity index (χ0) is 16.7. The molecule has 2 rings (SSSR count). The topological polar surface area (TPSA) is 82.8 Å². The Balaban J connectivity index is 2.09. The number of amides is 1. The van der Waals surface area contributed by atoms with Gasteiger partial charge in [0, 0.05) is 12.6 Å². The van der Waals surface area contributed by atoms with Crippen LogP contribution in [0.3, 0.4) is 0 Å². The number of ether oxygens (including phenoxy) is 3. The molecule has 128 valence electrons. The predicted molar refractivity (Wildman–Crippen MR) is 87.9 cm³/mol. The number of nitrogens with one attached hydrogen (secondary N) is 1. The van der Waals surface area contributed by atoms with Crippen molar-refractivity contribution < 1.29 is 19.0 Å². The fourth-order valence-electron chi connectivity index (χ4n) is 2.89. The highest BCUT2D eigenvalue weighted by atomic mass is 16.5. The second-order valence-electron chi connectivity index (χ2n) is 5.80. The minimum absolute atomic E-state index is 0.216. The summed E-state index contributed by atoms with van der Waals surface area (Å²) >= 11 is 0. The summed E-state index contributed by atoms with van der Waals surface area (Å²) in [6.07, 6.45) is 6.39. The van der Waals surface area contributed by atoms with Crippen LogP contribution in [0.15, 0.2) is 12.1 Å². The van der Waals surface area contributed by atoms with Crippen LogP contribution in [0.5, 0.6) is 17.2 Å². The number of nitrogens with two attached hydrogens (primary N) is 1. The molecule has 3 N–H and O–H groups in total. The van der Waals surface area contributed by atoms with Gasteiger partial charge in [-0.2, -0.15) is 0 Å². The molecule has 0 unspecified atom stereocenters. The molecule has 1 fully saturated rings. The minimum atomic E-state index is -0.544. The molecule has 0 saturated heterocycles. The van der Waals surface area contributed by atoms with E-state index in [1.54, 1.807) is 14.2 Å². The molecule has 1 aliphatic carbocycles. The molecule has 0 heterocycles. The third kappa shape index (κ3) is 5.03. The molecule has 6 nitrogen and oxygen atoms in total. The highest BCUT2D eigenvalue weighted by Crippen LogP contribution is 2.38. The van der Waals surface area contributed by atoms with E-state index in [4.69, 9.17) is 19.9 Å². The van der Waals surface area contributed by atoms with Gasteiger partial charge in [-0.3, -0.25) is 4.79 Å². The summed E-state index contributed by atoms with van der Waals surface area (Å²) < 4.78 is 16.2. The first-order chi connectivity index (χ1) is 11.1. The fourth-order valence-corrected chi connectivity index (χ4v) is 2.89. The number of hydrogen-bond donors (Lipinski definition) is 2. The summed E-state index contributed by atoms with van der Waals surface area (Å²) in [5.74, 6) is 0.921. The maximum atomic E-state index is 10.9. The molecule has 6 heteroatoms. The van der Waals surface area contributed by atoms with Crippen molar-refractivity contribution >= 4 is 5.91 Å². The van der Waals surface area contributed by atoms with Crippen LogP contribution < -0.4 is 25.3 Å². The first kappa shape index (κ1) is 17.4. The molecule has 1 aromatic rings. The van der Waals surface area contributed by atoms with Crippen LogP contribution in [0.1, 0.15) is 37.7 Å². The lowest BCUT2D eigenvalue weighted by atomic mass is 9.95. The van der Waals surface area contributed by atoms with Crippen molar-refractivity contribution in [2.75, 3.05) is 20.8 Å². The molecule has 23 heavy (non-hydrogen) atoms. The van der Waals surface area contributed by atoms with Gasteiger partial charge in [0.1, 0.15) is 0 Å². The standard InChI is InChI=1S/C17H26N2O4/c1-21-14-8-12(10-19-13-6-4-3-5-7-13)9-15(22-2)17(14)23-11-16(18)20/h8-9,13,19H,3-7,10-11H2,1-2H3,(H2,18,20). The van der Waals surface area contributed by atoms with E-state index in [9.17, 15) is 4.79 Å². The Hall–Kier alpha value is -1.95. The Bertz CT molecular complexity index is 502. The molecule has 1 saturated carbocycles. The van der Waals surface area contributed by atoms with E-state index < -0.39 is 5.91 Å². The van der Waals surface area contributed by atoms with E-state index in [0.717, 1.165) is 12.1 Å². The van der Waals surface area contributed by atoms with Crippen LogP contribution in [0.25, 0.3) is 0 Å². The largest absolute Gasteiger partial charge is 0.493 e. The van der Waals surface area contributed by atoms with Gasteiger partial charge in [0.2, 0.25) is 5.75 Å². The van der Waals surface area contributed by atoms with Gasteiger partial charge in [0.05, 0.1) is 14.2 Å². The van der Waals surface area contributed by atoms with Gasteiger partial charge in [-0.1, -0.05) is 19.3 Å². The normalized spacial score (nSPS) is 15.2. The van der Waals surface area contributed by atoms with Crippen molar-refractivity contribution in [3.8, 4) is 17.2 Å². The van der Waals surface area contributed by atoms with Crippen molar-refractivity contribution in [2.45, 2.75) is 44.7 Å². The third-order valence-corrected chi connectivity index (χ3v) is 4.08. The Labute approximate surface area is 137 Å². The number of hydrogen-bond acceptors (Lipinski definition) is 5. The zero-order valence-electron chi connectivity index (χ0n) is 13.9. The maximum absolute atomic E-state index is 10.9.